The van der Waals surface area contributed by atoms with Crippen molar-refractivity contribution in [2.24, 2.45) is 0 Å². The van der Waals surface area contributed by atoms with Crippen molar-refractivity contribution in [3.8, 4) is 5.82 Å². The number of fused-ring (bicyclic) bond motifs is 1. The SMILES string of the molecule is CO[C@]1(C(=O)N[C@@H](C)c2ccc(-n3cc(F)cn3)nc2)CC[C@@H](c2nc(Nc3cc(C)[nH]n3)c3cnn(CC(F)F)c3n2)CC1. The number of ether oxygens (including phenoxy) is 1. The summed E-state index contributed by atoms with van der Waals surface area (Å²) in [4.78, 5) is 27.3. The Bertz CT molecular complexity index is 1790. The standard InChI is InChI=1S/C29H32F3N11O2/c1-16-10-23(41-40-16)37-26-21-13-35-43(15-22(31)32)27(21)39-25(38-26)18-6-8-29(45-3,9-7-18)28(44)36-17(2)19-4-5-24(33-11-19)42-14-20(30)12-34-42/h4-5,10-14,17-18,22H,6-9,15H2,1-3H3,(H,36,44)(H2,37,38,39,40,41)/t17-,18-,29-/m0/s1. The molecule has 16 heteroatoms. The number of pyridine rings is 1. The quantitative estimate of drug-likeness (QED) is 0.204. The molecule has 1 fully saturated rings. The van der Waals surface area contributed by atoms with E-state index in [9.17, 15) is 18.0 Å². The van der Waals surface area contributed by atoms with Gasteiger partial charge in [-0.1, -0.05) is 6.07 Å². The molecule has 0 aliphatic heterocycles. The van der Waals surface area contributed by atoms with E-state index in [0.29, 0.717) is 60.0 Å². The molecule has 0 bridgehead atoms. The summed E-state index contributed by atoms with van der Waals surface area (Å²) in [7, 11) is 1.52. The first-order valence-corrected chi connectivity index (χ1v) is 14.5. The number of aryl methyl sites for hydroxylation is 1. The average Bonchev–Trinajstić information content (AvgIpc) is 3.77. The highest BCUT2D eigenvalue weighted by molar-refractivity contribution is 5.88. The molecule has 5 aromatic rings. The molecule has 1 amide bonds. The number of nitrogens with one attached hydrogen (secondary N) is 3. The van der Waals surface area contributed by atoms with E-state index in [4.69, 9.17) is 9.72 Å². The minimum Gasteiger partial charge on any atom is -0.368 e. The summed E-state index contributed by atoms with van der Waals surface area (Å²) in [5.74, 6) is 0.980. The van der Waals surface area contributed by atoms with Gasteiger partial charge in [-0.15, -0.1) is 0 Å². The lowest BCUT2D eigenvalue weighted by atomic mass is 9.77. The second kappa shape index (κ2) is 12.3. The number of hydrogen-bond donors (Lipinski definition) is 3. The summed E-state index contributed by atoms with van der Waals surface area (Å²) in [5.41, 5.74) is 0.822. The number of aromatic amines is 1. The maximum absolute atomic E-state index is 13.6. The Morgan fingerprint density at radius 2 is 1.98 bits per heavy atom. The van der Waals surface area contributed by atoms with Crippen LogP contribution in [0.5, 0.6) is 0 Å². The third-order valence-corrected chi connectivity index (χ3v) is 8.14. The molecule has 236 valence electrons. The Labute approximate surface area is 255 Å². The first-order valence-electron chi connectivity index (χ1n) is 14.5. The molecule has 0 saturated heterocycles. The van der Waals surface area contributed by atoms with Gasteiger partial charge in [0.1, 0.15) is 23.8 Å². The van der Waals surface area contributed by atoms with Crippen LogP contribution in [-0.2, 0) is 16.1 Å². The minimum absolute atomic E-state index is 0.150. The number of amides is 1. The number of alkyl halides is 2. The van der Waals surface area contributed by atoms with Gasteiger partial charge in [-0.3, -0.25) is 9.89 Å². The monoisotopic (exact) mass is 623 g/mol. The smallest absolute Gasteiger partial charge is 0.258 e. The van der Waals surface area contributed by atoms with Crippen molar-refractivity contribution in [2.45, 2.75) is 70.1 Å². The zero-order chi connectivity index (χ0) is 31.7. The van der Waals surface area contributed by atoms with Gasteiger partial charge in [0.25, 0.3) is 12.3 Å². The molecular formula is C29H32F3N11O2. The lowest BCUT2D eigenvalue weighted by molar-refractivity contribution is -0.148. The average molecular weight is 624 g/mol. The fourth-order valence-electron chi connectivity index (χ4n) is 5.61. The summed E-state index contributed by atoms with van der Waals surface area (Å²) in [6.07, 6.45) is 4.64. The zero-order valence-corrected chi connectivity index (χ0v) is 24.8. The van der Waals surface area contributed by atoms with Gasteiger partial charge < -0.3 is 15.4 Å². The van der Waals surface area contributed by atoms with E-state index < -0.39 is 24.4 Å². The topological polar surface area (TPSA) is 153 Å². The first-order chi connectivity index (χ1) is 21.6. The van der Waals surface area contributed by atoms with Crippen LogP contribution in [0.15, 0.2) is 43.0 Å². The minimum atomic E-state index is -2.61. The second-order valence-corrected chi connectivity index (χ2v) is 11.2. The Kier molecular flexibility index (Phi) is 8.22. The van der Waals surface area contributed by atoms with E-state index >= 15 is 0 Å². The van der Waals surface area contributed by atoms with Crippen LogP contribution < -0.4 is 10.6 Å². The van der Waals surface area contributed by atoms with Crippen molar-refractivity contribution in [2.75, 3.05) is 12.4 Å². The molecule has 0 radical (unpaired) electrons. The van der Waals surface area contributed by atoms with Gasteiger partial charge in [-0.2, -0.15) is 15.3 Å². The molecule has 1 aliphatic carbocycles. The number of methoxy groups -OCH3 is 1. The molecule has 0 spiro atoms. The highest BCUT2D eigenvalue weighted by atomic mass is 19.3. The molecule has 1 aliphatic rings. The van der Waals surface area contributed by atoms with Gasteiger partial charge in [-0.25, -0.2) is 37.5 Å². The summed E-state index contributed by atoms with van der Waals surface area (Å²) in [6, 6.07) is 4.92. The summed E-state index contributed by atoms with van der Waals surface area (Å²) >= 11 is 0. The maximum atomic E-state index is 13.6. The Hall–Kier alpha value is -4.86. The van der Waals surface area contributed by atoms with Crippen LogP contribution in [0.25, 0.3) is 16.9 Å². The van der Waals surface area contributed by atoms with Gasteiger partial charge in [0.15, 0.2) is 23.1 Å². The van der Waals surface area contributed by atoms with Crippen LogP contribution in [0.3, 0.4) is 0 Å². The highest BCUT2D eigenvalue weighted by Gasteiger charge is 2.43. The first kappa shape index (κ1) is 30.2. The molecule has 6 rings (SSSR count). The fourth-order valence-corrected chi connectivity index (χ4v) is 5.61. The predicted molar refractivity (Wildman–Crippen MR) is 157 cm³/mol. The van der Waals surface area contributed by atoms with Crippen LogP contribution in [0.4, 0.5) is 24.8 Å². The molecule has 0 unspecified atom stereocenters. The number of aromatic nitrogens is 9. The molecule has 1 saturated carbocycles. The molecule has 13 nitrogen and oxygen atoms in total. The Morgan fingerprint density at radius 3 is 2.60 bits per heavy atom. The lowest BCUT2D eigenvalue weighted by Gasteiger charge is -2.38. The molecule has 45 heavy (non-hydrogen) atoms. The van der Waals surface area contributed by atoms with Gasteiger partial charge in [0, 0.05) is 31.0 Å². The highest BCUT2D eigenvalue weighted by Crippen LogP contribution is 2.40. The number of nitrogens with zero attached hydrogens (tertiary/aromatic N) is 8. The van der Waals surface area contributed by atoms with E-state index in [1.54, 1.807) is 24.4 Å². The Balaban J connectivity index is 1.17. The van der Waals surface area contributed by atoms with E-state index in [0.717, 1.165) is 17.5 Å². The Morgan fingerprint density at radius 1 is 1.18 bits per heavy atom. The number of rotatable bonds is 10. The van der Waals surface area contributed by atoms with Crippen molar-refractivity contribution < 1.29 is 22.7 Å². The van der Waals surface area contributed by atoms with Crippen LogP contribution in [-0.4, -0.2) is 69.8 Å². The summed E-state index contributed by atoms with van der Waals surface area (Å²) < 4.78 is 48.3. The lowest BCUT2D eigenvalue weighted by Crippen LogP contribution is -2.50. The molecule has 1 atom stereocenters. The van der Waals surface area contributed by atoms with Crippen molar-refractivity contribution in [1.82, 2.24) is 50.0 Å². The van der Waals surface area contributed by atoms with Crippen molar-refractivity contribution in [1.29, 1.82) is 0 Å². The maximum Gasteiger partial charge on any atom is 0.258 e. The molecule has 3 N–H and O–H groups in total. The number of anilines is 2. The van der Waals surface area contributed by atoms with Crippen LogP contribution in [0, 0.1) is 12.7 Å². The molecule has 0 aromatic carbocycles. The number of carbonyl (C=O) groups is 1. The largest absolute Gasteiger partial charge is 0.368 e. The van der Waals surface area contributed by atoms with Crippen LogP contribution in [0.1, 0.15) is 61.6 Å². The molecule has 5 heterocycles. The number of hydrogen-bond acceptors (Lipinski definition) is 9. The van der Waals surface area contributed by atoms with Gasteiger partial charge in [0.2, 0.25) is 0 Å². The van der Waals surface area contributed by atoms with E-state index in [1.807, 2.05) is 13.8 Å². The third kappa shape index (κ3) is 6.22. The van der Waals surface area contributed by atoms with E-state index in [1.165, 1.54) is 28.9 Å². The summed E-state index contributed by atoms with van der Waals surface area (Å²) in [5, 5.41) is 21.8. The number of halogens is 3. The fraction of sp³-hybridized carbons (Fsp3) is 0.414. The van der Waals surface area contributed by atoms with E-state index in [2.05, 4.69) is 41.0 Å². The second-order valence-electron chi connectivity index (χ2n) is 11.2. The number of carbonyl (C=O) groups excluding carboxylic acids is 1. The van der Waals surface area contributed by atoms with Crippen molar-refractivity contribution in [3.05, 3.63) is 65.9 Å². The van der Waals surface area contributed by atoms with Gasteiger partial charge in [-0.05, 0) is 51.2 Å². The van der Waals surface area contributed by atoms with Gasteiger partial charge >= 0.3 is 0 Å². The predicted octanol–water partition coefficient (Wildman–Crippen LogP) is 4.51. The normalized spacial score (nSPS) is 19.2. The zero-order valence-electron chi connectivity index (χ0n) is 24.8. The summed E-state index contributed by atoms with van der Waals surface area (Å²) in [6.45, 7) is 3.11. The van der Waals surface area contributed by atoms with Crippen molar-refractivity contribution in [3.63, 3.8) is 0 Å². The third-order valence-electron chi connectivity index (χ3n) is 8.14. The van der Waals surface area contributed by atoms with Gasteiger partial charge in [0.05, 0.1) is 30.0 Å². The van der Waals surface area contributed by atoms with E-state index in [-0.39, 0.29) is 17.9 Å². The molecule has 5 aromatic heterocycles. The van der Waals surface area contributed by atoms with Crippen molar-refractivity contribution >= 4 is 28.6 Å². The van der Waals surface area contributed by atoms with Crippen LogP contribution >= 0.6 is 0 Å². The van der Waals surface area contributed by atoms with Crippen LogP contribution in [0.2, 0.25) is 0 Å². The molecular weight excluding hydrogens is 591 g/mol. The number of H-pyrrole nitrogens is 1.